The fourth-order valence-corrected chi connectivity index (χ4v) is 3.94. The summed E-state index contributed by atoms with van der Waals surface area (Å²) in [5, 5.41) is 0.0314. The van der Waals surface area contributed by atoms with Crippen LogP contribution in [0.3, 0.4) is 0 Å². The van der Waals surface area contributed by atoms with Crippen LogP contribution in [0, 0.1) is 0 Å². The molecular formula is C18H24N4O2S. The van der Waals surface area contributed by atoms with Gasteiger partial charge in [-0.1, -0.05) is 24.3 Å². The summed E-state index contributed by atoms with van der Waals surface area (Å²) < 4.78 is 27.7. The van der Waals surface area contributed by atoms with Crippen molar-refractivity contribution in [2.45, 2.75) is 11.4 Å². The maximum atomic E-state index is 12.5. The van der Waals surface area contributed by atoms with Crippen LogP contribution in [0.25, 0.3) is 0 Å². The summed E-state index contributed by atoms with van der Waals surface area (Å²) >= 11 is 0. The Morgan fingerprint density at radius 3 is 2.48 bits per heavy atom. The molecule has 25 heavy (non-hydrogen) atoms. The maximum absolute atomic E-state index is 12.5. The third kappa shape index (κ3) is 4.78. The van der Waals surface area contributed by atoms with Crippen LogP contribution in [-0.4, -0.2) is 63.0 Å². The van der Waals surface area contributed by atoms with Crippen LogP contribution in [0.5, 0.6) is 0 Å². The first kappa shape index (κ1) is 17.8. The summed E-state index contributed by atoms with van der Waals surface area (Å²) in [5.74, 6) is 0. The molecule has 1 saturated heterocycles. The number of aromatic nitrogens is 1. The Morgan fingerprint density at radius 1 is 1.04 bits per heavy atom. The van der Waals surface area contributed by atoms with Crippen molar-refractivity contribution in [1.82, 2.24) is 14.8 Å². The molecule has 0 bridgehead atoms. The Balaban J connectivity index is 1.69. The first-order chi connectivity index (χ1) is 12.0. The molecule has 0 unspecified atom stereocenters. The number of benzene rings is 1. The molecule has 0 aliphatic carbocycles. The molecular weight excluding hydrogens is 336 g/mol. The van der Waals surface area contributed by atoms with Crippen molar-refractivity contribution in [2.75, 3.05) is 44.5 Å². The largest absolute Gasteiger partial charge is 0.304 e. The van der Waals surface area contributed by atoms with Gasteiger partial charge in [0.25, 0.3) is 10.0 Å². The smallest absolute Gasteiger partial charge is 0.279 e. The van der Waals surface area contributed by atoms with Gasteiger partial charge in [0.2, 0.25) is 0 Å². The van der Waals surface area contributed by atoms with Crippen molar-refractivity contribution in [3.63, 3.8) is 0 Å². The number of likely N-dealkylation sites (N-methyl/N-ethyl adjacent to an activating group) is 1. The van der Waals surface area contributed by atoms with Gasteiger partial charge in [0.05, 0.1) is 5.69 Å². The maximum Gasteiger partial charge on any atom is 0.279 e. The molecule has 1 N–H and O–H groups in total. The number of nitrogens with one attached hydrogen (secondary N) is 1. The van der Waals surface area contributed by atoms with Crippen molar-refractivity contribution >= 4 is 15.7 Å². The van der Waals surface area contributed by atoms with Gasteiger partial charge in [-0.3, -0.25) is 4.72 Å². The van der Waals surface area contributed by atoms with E-state index in [0.717, 1.165) is 44.7 Å². The number of pyridine rings is 1. The van der Waals surface area contributed by atoms with E-state index >= 15 is 0 Å². The Bertz CT molecular complexity index is 788. The van der Waals surface area contributed by atoms with Crippen LogP contribution in [0.2, 0.25) is 0 Å². The molecule has 1 fully saturated rings. The lowest BCUT2D eigenvalue weighted by atomic mass is 10.1. The van der Waals surface area contributed by atoms with Gasteiger partial charge in [0.15, 0.2) is 5.03 Å². The summed E-state index contributed by atoms with van der Waals surface area (Å²) in [6.45, 7) is 5.19. The van der Waals surface area contributed by atoms with Crippen LogP contribution < -0.4 is 4.72 Å². The van der Waals surface area contributed by atoms with Crippen molar-refractivity contribution in [3.05, 3.63) is 54.2 Å². The van der Waals surface area contributed by atoms with Crippen molar-refractivity contribution in [2.24, 2.45) is 0 Å². The van der Waals surface area contributed by atoms with Gasteiger partial charge in [-0.15, -0.1) is 0 Å². The second kappa shape index (κ2) is 7.95. The average Bonchev–Trinajstić information content (AvgIpc) is 2.63. The summed E-state index contributed by atoms with van der Waals surface area (Å²) in [4.78, 5) is 8.68. The molecule has 1 aliphatic heterocycles. The highest BCUT2D eigenvalue weighted by molar-refractivity contribution is 7.92. The normalized spacial score (nSPS) is 16.7. The quantitative estimate of drug-likeness (QED) is 0.849. The second-order valence-corrected chi connectivity index (χ2v) is 7.95. The number of sulfonamides is 1. The molecule has 0 spiro atoms. The lowest BCUT2D eigenvalue weighted by molar-refractivity contribution is 0.155. The van der Waals surface area contributed by atoms with E-state index in [-0.39, 0.29) is 5.03 Å². The van der Waals surface area contributed by atoms with Gasteiger partial charge in [0.1, 0.15) is 0 Å². The minimum absolute atomic E-state index is 0.0314. The van der Waals surface area contributed by atoms with Crippen LogP contribution in [-0.2, 0) is 16.4 Å². The highest BCUT2D eigenvalue weighted by Gasteiger charge is 2.18. The lowest BCUT2D eigenvalue weighted by Gasteiger charge is -2.32. The molecule has 0 amide bonds. The second-order valence-electron chi connectivity index (χ2n) is 6.33. The van der Waals surface area contributed by atoms with E-state index in [1.165, 1.54) is 12.3 Å². The van der Waals surface area contributed by atoms with E-state index in [1.54, 1.807) is 18.2 Å². The van der Waals surface area contributed by atoms with Gasteiger partial charge in [0, 0.05) is 38.9 Å². The van der Waals surface area contributed by atoms with E-state index in [0.29, 0.717) is 5.69 Å². The first-order valence-corrected chi connectivity index (χ1v) is 9.95. The predicted molar refractivity (Wildman–Crippen MR) is 99.1 cm³/mol. The van der Waals surface area contributed by atoms with Crippen LogP contribution in [0.1, 0.15) is 5.56 Å². The monoisotopic (exact) mass is 360 g/mol. The lowest BCUT2D eigenvalue weighted by Crippen LogP contribution is -2.45. The molecule has 2 heterocycles. The minimum Gasteiger partial charge on any atom is -0.304 e. The zero-order valence-electron chi connectivity index (χ0n) is 14.4. The van der Waals surface area contributed by atoms with Gasteiger partial charge in [-0.25, -0.2) is 4.98 Å². The molecule has 2 aromatic rings. The predicted octanol–water partition coefficient (Wildman–Crippen LogP) is 1.67. The third-order valence-electron chi connectivity index (χ3n) is 4.47. The summed E-state index contributed by atoms with van der Waals surface area (Å²) in [6, 6.07) is 12.4. The van der Waals surface area contributed by atoms with Crippen LogP contribution >= 0.6 is 0 Å². The SMILES string of the molecule is CN1CCN(CCc2ccccc2NS(=O)(=O)c2ccccn2)CC1. The van der Waals surface area contributed by atoms with Gasteiger partial charge >= 0.3 is 0 Å². The Morgan fingerprint density at radius 2 is 1.76 bits per heavy atom. The number of nitrogens with zero attached hydrogens (tertiary/aromatic N) is 3. The minimum atomic E-state index is -3.67. The molecule has 134 valence electrons. The molecule has 6 nitrogen and oxygen atoms in total. The topological polar surface area (TPSA) is 65.5 Å². The Labute approximate surface area is 149 Å². The van der Waals surface area contributed by atoms with Gasteiger partial charge in [-0.05, 0) is 37.2 Å². The molecule has 0 saturated carbocycles. The van der Waals surface area contributed by atoms with Crippen molar-refractivity contribution < 1.29 is 8.42 Å². The average molecular weight is 360 g/mol. The van der Waals surface area contributed by atoms with E-state index in [4.69, 9.17) is 0 Å². The zero-order valence-corrected chi connectivity index (χ0v) is 15.2. The van der Waals surface area contributed by atoms with Crippen molar-refractivity contribution in [3.8, 4) is 0 Å². The molecule has 0 radical (unpaired) electrons. The van der Waals surface area contributed by atoms with Gasteiger partial charge in [-0.2, -0.15) is 8.42 Å². The summed E-state index contributed by atoms with van der Waals surface area (Å²) in [6.07, 6.45) is 2.29. The molecule has 1 aromatic carbocycles. The van der Waals surface area contributed by atoms with E-state index in [1.807, 2.05) is 18.2 Å². The van der Waals surface area contributed by atoms with Gasteiger partial charge < -0.3 is 9.80 Å². The number of para-hydroxylation sites is 1. The zero-order chi connectivity index (χ0) is 17.7. The molecule has 0 atom stereocenters. The van der Waals surface area contributed by atoms with E-state index in [2.05, 4.69) is 26.6 Å². The highest BCUT2D eigenvalue weighted by atomic mass is 32.2. The number of piperazine rings is 1. The summed E-state index contributed by atoms with van der Waals surface area (Å²) in [7, 11) is -1.53. The fourth-order valence-electron chi connectivity index (χ4n) is 2.89. The number of hydrogen-bond donors (Lipinski definition) is 1. The van der Waals surface area contributed by atoms with Crippen molar-refractivity contribution in [1.29, 1.82) is 0 Å². The molecule has 7 heteroatoms. The Hall–Kier alpha value is -1.96. The first-order valence-electron chi connectivity index (χ1n) is 8.47. The Kier molecular flexibility index (Phi) is 5.67. The molecule has 1 aromatic heterocycles. The van der Waals surface area contributed by atoms with E-state index < -0.39 is 10.0 Å². The van der Waals surface area contributed by atoms with E-state index in [9.17, 15) is 8.42 Å². The number of rotatable bonds is 6. The highest BCUT2D eigenvalue weighted by Crippen LogP contribution is 2.20. The van der Waals surface area contributed by atoms with Crippen LogP contribution in [0.4, 0.5) is 5.69 Å². The van der Waals surface area contributed by atoms with Crippen LogP contribution in [0.15, 0.2) is 53.7 Å². The number of anilines is 1. The molecule has 3 rings (SSSR count). The molecule has 1 aliphatic rings. The standard InChI is InChI=1S/C18H24N4O2S/c1-21-12-14-22(15-13-21)11-9-16-6-2-3-7-17(16)20-25(23,24)18-8-4-5-10-19-18/h2-8,10,20H,9,11-15H2,1H3. The fraction of sp³-hybridized carbons (Fsp3) is 0.389. The number of hydrogen-bond acceptors (Lipinski definition) is 5. The third-order valence-corrected chi connectivity index (χ3v) is 5.75. The summed E-state index contributed by atoms with van der Waals surface area (Å²) in [5.41, 5.74) is 1.63.